The number of ether oxygens (including phenoxy) is 2. The molecule has 0 radical (unpaired) electrons. The first-order valence-corrected chi connectivity index (χ1v) is 8.11. The zero-order chi connectivity index (χ0) is 17.2. The van der Waals surface area contributed by atoms with Crippen LogP contribution in [0.2, 0.25) is 0 Å². The topological polar surface area (TPSA) is 59.6 Å². The Balaban J connectivity index is 1.63. The molecule has 0 saturated heterocycles. The molecule has 0 saturated carbocycles. The number of nitrogens with one attached hydrogen (secondary N) is 2. The SMILES string of the molecule is CCOc1ccc(OCNC(=O)NCCc2ccccc2C)cc1. The second-order valence-corrected chi connectivity index (χ2v) is 5.30. The van der Waals surface area contributed by atoms with Gasteiger partial charge in [-0.05, 0) is 55.7 Å². The van der Waals surface area contributed by atoms with Gasteiger partial charge in [-0.15, -0.1) is 0 Å². The van der Waals surface area contributed by atoms with Crippen molar-refractivity contribution in [1.29, 1.82) is 0 Å². The molecule has 0 aliphatic rings. The fourth-order valence-electron chi connectivity index (χ4n) is 2.25. The summed E-state index contributed by atoms with van der Waals surface area (Å²) in [6.45, 7) is 5.33. The number of carbonyl (C=O) groups is 1. The van der Waals surface area contributed by atoms with Crippen LogP contribution in [0.5, 0.6) is 11.5 Å². The Kier molecular flexibility index (Phi) is 6.95. The van der Waals surface area contributed by atoms with Crippen LogP contribution >= 0.6 is 0 Å². The first-order valence-electron chi connectivity index (χ1n) is 8.11. The molecule has 0 bridgehead atoms. The van der Waals surface area contributed by atoms with E-state index in [1.54, 1.807) is 0 Å². The van der Waals surface area contributed by atoms with Gasteiger partial charge in [0.2, 0.25) is 0 Å². The quantitative estimate of drug-likeness (QED) is 0.731. The van der Waals surface area contributed by atoms with E-state index in [-0.39, 0.29) is 12.8 Å². The molecule has 0 aliphatic heterocycles. The fraction of sp³-hybridized carbons (Fsp3) is 0.316. The van der Waals surface area contributed by atoms with Gasteiger partial charge in [-0.3, -0.25) is 0 Å². The van der Waals surface area contributed by atoms with Gasteiger partial charge in [0.05, 0.1) is 6.61 Å². The van der Waals surface area contributed by atoms with Crippen LogP contribution < -0.4 is 20.1 Å². The van der Waals surface area contributed by atoms with Crippen molar-refractivity contribution in [1.82, 2.24) is 10.6 Å². The van der Waals surface area contributed by atoms with Crippen LogP contribution in [0.25, 0.3) is 0 Å². The molecule has 0 heterocycles. The fourth-order valence-corrected chi connectivity index (χ4v) is 2.25. The summed E-state index contributed by atoms with van der Waals surface area (Å²) in [5.41, 5.74) is 2.47. The Morgan fingerprint density at radius 1 is 0.958 bits per heavy atom. The molecule has 2 aromatic rings. The number of hydrogen-bond acceptors (Lipinski definition) is 3. The third-order valence-electron chi connectivity index (χ3n) is 3.55. The molecule has 128 valence electrons. The van der Waals surface area contributed by atoms with Gasteiger partial charge in [0.15, 0.2) is 6.73 Å². The van der Waals surface area contributed by atoms with E-state index < -0.39 is 0 Å². The van der Waals surface area contributed by atoms with Crippen LogP contribution in [0.15, 0.2) is 48.5 Å². The molecule has 24 heavy (non-hydrogen) atoms. The van der Waals surface area contributed by atoms with Gasteiger partial charge in [0, 0.05) is 6.54 Å². The number of hydrogen-bond donors (Lipinski definition) is 2. The molecule has 2 N–H and O–H groups in total. The third-order valence-corrected chi connectivity index (χ3v) is 3.55. The predicted molar refractivity (Wildman–Crippen MR) is 94.5 cm³/mol. The molecule has 0 spiro atoms. The lowest BCUT2D eigenvalue weighted by Gasteiger charge is -2.10. The summed E-state index contributed by atoms with van der Waals surface area (Å²) in [5, 5.41) is 5.49. The molecular formula is C19H24N2O3. The van der Waals surface area contributed by atoms with Gasteiger partial charge >= 0.3 is 6.03 Å². The summed E-state index contributed by atoms with van der Waals surface area (Å²) in [4.78, 5) is 11.7. The molecule has 5 heteroatoms. The Labute approximate surface area is 143 Å². The van der Waals surface area contributed by atoms with Crippen molar-refractivity contribution in [2.75, 3.05) is 19.9 Å². The molecule has 0 fully saturated rings. The Hall–Kier alpha value is -2.69. The second-order valence-electron chi connectivity index (χ2n) is 5.30. The maximum absolute atomic E-state index is 11.7. The second kappa shape index (κ2) is 9.45. The Bertz CT molecular complexity index is 641. The minimum atomic E-state index is -0.241. The van der Waals surface area contributed by atoms with Gasteiger partial charge in [-0.25, -0.2) is 4.79 Å². The first kappa shape index (κ1) is 17.7. The molecule has 0 atom stereocenters. The molecular weight excluding hydrogens is 304 g/mol. The minimum Gasteiger partial charge on any atom is -0.494 e. The summed E-state index contributed by atoms with van der Waals surface area (Å²) in [7, 11) is 0. The van der Waals surface area contributed by atoms with Crippen molar-refractivity contribution < 1.29 is 14.3 Å². The smallest absolute Gasteiger partial charge is 0.317 e. The Morgan fingerprint density at radius 3 is 2.29 bits per heavy atom. The van der Waals surface area contributed by atoms with Crippen LogP contribution in [0, 0.1) is 6.92 Å². The van der Waals surface area contributed by atoms with Gasteiger partial charge in [-0.2, -0.15) is 0 Å². The molecule has 0 aliphatic carbocycles. The molecule has 2 aromatic carbocycles. The van der Waals surface area contributed by atoms with E-state index in [4.69, 9.17) is 9.47 Å². The first-order chi connectivity index (χ1) is 11.7. The average molecular weight is 328 g/mol. The molecule has 0 aromatic heterocycles. The van der Waals surface area contributed by atoms with Crippen LogP contribution in [-0.4, -0.2) is 25.9 Å². The normalized spacial score (nSPS) is 10.1. The van der Waals surface area contributed by atoms with E-state index in [1.165, 1.54) is 11.1 Å². The van der Waals surface area contributed by atoms with E-state index in [9.17, 15) is 4.79 Å². The number of carbonyl (C=O) groups excluding carboxylic acids is 1. The highest BCUT2D eigenvalue weighted by Gasteiger charge is 2.02. The lowest BCUT2D eigenvalue weighted by molar-refractivity contribution is 0.224. The zero-order valence-electron chi connectivity index (χ0n) is 14.2. The molecule has 2 rings (SSSR count). The van der Waals surface area contributed by atoms with Crippen molar-refractivity contribution >= 4 is 6.03 Å². The van der Waals surface area contributed by atoms with Crippen molar-refractivity contribution in [2.45, 2.75) is 20.3 Å². The van der Waals surface area contributed by atoms with Crippen molar-refractivity contribution in [3.63, 3.8) is 0 Å². The summed E-state index contributed by atoms with van der Waals surface area (Å²) >= 11 is 0. The van der Waals surface area contributed by atoms with E-state index in [0.29, 0.717) is 18.9 Å². The standard InChI is InChI=1S/C19H24N2O3/c1-3-23-17-8-10-18(11-9-17)24-14-21-19(22)20-13-12-16-7-5-4-6-15(16)2/h4-11H,3,12-14H2,1-2H3,(H2,20,21,22). The molecule has 2 amide bonds. The Morgan fingerprint density at radius 2 is 1.62 bits per heavy atom. The maximum atomic E-state index is 11.7. The number of aryl methyl sites for hydroxylation is 1. The number of urea groups is 1. The van der Waals surface area contributed by atoms with E-state index in [1.807, 2.05) is 43.3 Å². The summed E-state index contributed by atoms with van der Waals surface area (Å²) in [5.74, 6) is 1.48. The third kappa shape index (κ3) is 5.83. The largest absolute Gasteiger partial charge is 0.494 e. The maximum Gasteiger partial charge on any atom is 0.317 e. The van der Waals surface area contributed by atoms with Gasteiger partial charge in [0.25, 0.3) is 0 Å². The lowest BCUT2D eigenvalue weighted by atomic mass is 10.1. The number of amides is 2. The summed E-state index contributed by atoms with van der Waals surface area (Å²) < 4.78 is 10.8. The zero-order valence-corrected chi connectivity index (χ0v) is 14.2. The lowest BCUT2D eigenvalue weighted by Crippen LogP contribution is -2.38. The molecule has 5 nitrogen and oxygen atoms in total. The highest BCUT2D eigenvalue weighted by molar-refractivity contribution is 5.73. The number of benzene rings is 2. The summed E-state index contributed by atoms with van der Waals surface area (Å²) in [6.07, 6.45) is 0.805. The number of rotatable bonds is 8. The van der Waals surface area contributed by atoms with Gasteiger partial charge < -0.3 is 20.1 Å². The minimum absolute atomic E-state index is 0.115. The predicted octanol–water partition coefficient (Wildman–Crippen LogP) is 3.27. The van der Waals surface area contributed by atoms with E-state index in [0.717, 1.165) is 12.2 Å². The van der Waals surface area contributed by atoms with Crippen molar-refractivity contribution in [3.8, 4) is 11.5 Å². The average Bonchev–Trinajstić information content (AvgIpc) is 2.58. The van der Waals surface area contributed by atoms with Gasteiger partial charge in [-0.1, -0.05) is 24.3 Å². The highest BCUT2D eigenvalue weighted by atomic mass is 16.5. The van der Waals surface area contributed by atoms with Crippen LogP contribution in [0.4, 0.5) is 4.79 Å². The van der Waals surface area contributed by atoms with Crippen LogP contribution in [-0.2, 0) is 6.42 Å². The van der Waals surface area contributed by atoms with Crippen LogP contribution in [0.3, 0.4) is 0 Å². The van der Waals surface area contributed by atoms with E-state index >= 15 is 0 Å². The van der Waals surface area contributed by atoms with Crippen LogP contribution in [0.1, 0.15) is 18.1 Å². The van der Waals surface area contributed by atoms with E-state index in [2.05, 4.69) is 29.7 Å². The van der Waals surface area contributed by atoms with Gasteiger partial charge in [0.1, 0.15) is 11.5 Å². The molecule has 0 unspecified atom stereocenters. The van der Waals surface area contributed by atoms with Crippen molar-refractivity contribution in [2.24, 2.45) is 0 Å². The van der Waals surface area contributed by atoms with Crippen molar-refractivity contribution in [3.05, 3.63) is 59.7 Å². The highest BCUT2D eigenvalue weighted by Crippen LogP contribution is 2.17. The summed E-state index contributed by atoms with van der Waals surface area (Å²) in [6, 6.07) is 15.2. The monoisotopic (exact) mass is 328 g/mol.